The van der Waals surface area contributed by atoms with E-state index in [1.165, 1.54) is 11.1 Å². The van der Waals surface area contributed by atoms with Crippen molar-refractivity contribution in [3.8, 4) is 0 Å². The van der Waals surface area contributed by atoms with Crippen molar-refractivity contribution in [3.63, 3.8) is 0 Å². The summed E-state index contributed by atoms with van der Waals surface area (Å²) in [5.41, 5.74) is 4.56. The maximum Gasteiger partial charge on any atom is -1.00 e. The third-order valence-corrected chi connectivity index (χ3v) is 3.90. The fourth-order valence-electron chi connectivity index (χ4n) is 1.36. The first-order chi connectivity index (χ1) is 4.55. The van der Waals surface area contributed by atoms with E-state index in [1.54, 1.807) is 9.45 Å². The van der Waals surface area contributed by atoms with Gasteiger partial charge < -0.3 is 2.85 Å². The minimum absolute atomic E-state index is 0. The minimum Gasteiger partial charge on any atom is -1.00 e. The van der Waals surface area contributed by atoms with Crippen LogP contribution in [0.3, 0.4) is 0 Å². The quantitative estimate of drug-likeness (QED) is 0.491. The molecule has 1 atom stereocenters. The van der Waals surface area contributed by atoms with Gasteiger partial charge in [-0.3, -0.25) is 0 Å². The molecule has 0 radical (unpaired) electrons. The molecule has 0 aromatic heterocycles. The van der Waals surface area contributed by atoms with Crippen LogP contribution in [0, 0.1) is 5.92 Å². The molecule has 0 bridgehead atoms. The molecule has 0 aliphatic heterocycles. The van der Waals surface area contributed by atoms with Crippen LogP contribution in [-0.4, -0.2) is 0 Å². The zero-order valence-corrected chi connectivity index (χ0v) is 8.64. The predicted octanol–water partition coefficient (Wildman–Crippen LogP) is 3.02. The molecule has 1 aliphatic carbocycles. The molecular weight excluding hydrogens is 156 g/mol. The Hall–Kier alpha value is 0.194. The molecule has 57 valence electrons. The van der Waals surface area contributed by atoms with Crippen LogP contribution in [0.15, 0.2) is 20.6 Å². The Balaban J connectivity index is 0. The monoisotopic (exact) mass is 171 g/mol. The van der Waals surface area contributed by atoms with E-state index in [0.717, 1.165) is 0 Å². The van der Waals surface area contributed by atoms with Gasteiger partial charge >= 0.3 is 74.6 Å². The first-order valence-electron chi connectivity index (χ1n) is 3.65. The van der Waals surface area contributed by atoms with Gasteiger partial charge in [0.1, 0.15) is 0 Å². The summed E-state index contributed by atoms with van der Waals surface area (Å²) >= 11 is 2.24. The average Bonchev–Trinajstić information content (AvgIpc) is 2.07. The van der Waals surface area contributed by atoms with Gasteiger partial charge in [0.2, 0.25) is 0 Å². The molecule has 1 aliphatic rings. The van der Waals surface area contributed by atoms with Crippen molar-refractivity contribution >= 4 is 0 Å². The van der Waals surface area contributed by atoms with Gasteiger partial charge in [0.15, 0.2) is 0 Å². The number of hydrogen-bond acceptors (Lipinski definition) is 0. The smallest absolute Gasteiger partial charge is 1.00 e. The molecule has 1 unspecified atom stereocenters. The summed E-state index contributed by atoms with van der Waals surface area (Å²) in [6.45, 7) is 8.96. The van der Waals surface area contributed by atoms with Crippen molar-refractivity contribution in [1.29, 1.82) is 0 Å². The second-order valence-electron chi connectivity index (χ2n) is 3.07. The van der Waals surface area contributed by atoms with Crippen molar-refractivity contribution in [1.82, 2.24) is 0 Å². The van der Waals surface area contributed by atoms with Crippen LogP contribution in [0.2, 0.25) is 0 Å². The third kappa shape index (κ3) is 1.04. The van der Waals surface area contributed by atoms with Gasteiger partial charge in [0.25, 0.3) is 0 Å². The van der Waals surface area contributed by atoms with E-state index >= 15 is 0 Å². The van der Waals surface area contributed by atoms with Crippen molar-refractivity contribution < 1.29 is 23.3 Å². The molecule has 0 saturated carbocycles. The van der Waals surface area contributed by atoms with Crippen molar-refractivity contribution in [2.75, 3.05) is 0 Å². The Morgan fingerprint density at radius 2 is 1.70 bits per heavy atom. The Labute approximate surface area is 77.8 Å². The second kappa shape index (κ2) is 2.67. The third-order valence-electron chi connectivity index (χ3n) is 2.64. The summed E-state index contributed by atoms with van der Waals surface area (Å²) in [6.07, 6.45) is 0. The molecule has 0 aromatic rings. The van der Waals surface area contributed by atoms with Crippen molar-refractivity contribution in [2.45, 2.75) is 27.7 Å². The zero-order valence-electron chi connectivity index (χ0n) is 9.08. The van der Waals surface area contributed by atoms with Crippen molar-refractivity contribution in [2.24, 2.45) is 5.92 Å². The first kappa shape index (κ1) is 8.29. The van der Waals surface area contributed by atoms with Gasteiger partial charge in [0.05, 0.1) is 0 Å². The summed E-state index contributed by atoms with van der Waals surface area (Å²) < 4.78 is 1.55. The SMILES string of the molecule is CC1=C(C)C(C)[C]([Ti])=C1C.[H-].[H-]. The van der Waals surface area contributed by atoms with Gasteiger partial charge in [-0.25, -0.2) is 0 Å². The van der Waals surface area contributed by atoms with E-state index in [0.29, 0.717) is 5.92 Å². The fourth-order valence-corrected chi connectivity index (χ4v) is 1.99. The van der Waals surface area contributed by atoms with Crippen LogP contribution in [0.5, 0.6) is 0 Å². The molecule has 1 heteroatoms. The van der Waals surface area contributed by atoms with Gasteiger partial charge in [-0.15, -0.1) is 0 Å². The van der Waals surface area contributed by atoms with Crippen LogP contribution < -0.4 is 0 Å². The molecule has 0 heterocycles. The van der Waals surface area contributed by atoms with Crippen LogP contribution in [-0.2, 0) is 20.4 Å². The molecule has 0 nitrogen and oxygen atoms in total. The van der Waals surface area contributed by atoms with Gasteiger partial charge in [-0.1, -0.05) is 0 Å². The average molecular weight is 171 g/mol. The van der Waals surface area contributed by atoms with E-state index in [-0.39, 0.29) is 2.85 Å². The van der Waals surface area contributed by atoms with E-state index in [9.17, 15) is 0 Å². The summed E-state index contributed by atoms with van der Waals surface area (Å²) in [5, 5.41) is 0. The Morgan fingerprint density at radius 1 is 1.20 bits per heavy atom. The maximum absolute atomic E-state index is 2.28. The molecule has 0 fully saturated rings. The molecule has 0 saturated heterocycles. The standard InChI is InChI=1S/C9H13.Ti.2H/c1-6-5-7(2)9(4)8(6)3;;;/h6H,1-4H3;;;/q;;2*-1. The summed E-state index contributed by atoms with van der Waals surface area (Å²) in [7, 11) is 0. The molecule has 0 amide bonds. The number of hydrogen-bond donors (Lipinski definition) is 0. The van der Waals surface area contributed by atoms with Crippen LogP contribution in [0.1, 0.15) is 30.5 Å². The van der Waals surface area contributed by atoms with E-state index in [1.807, 2.05) is 0 Å². The van der Waals surface area contributed by atoms with E-state index in [2.05, 4.69) is 48.1 Å². The van der Waals surface area contributed by atoms with Crippen LogP contribution in [0.25, 0.3) is 0 Å². The zero-order chi connectivity index (χ0) is 7.89. The molecule has 0 spiro atoms. The van der Waals surface area contributed by atoms with Gasteiger partial charge in [0, 0.05) is 0 Å². The number of allylic oxidation sites excluding steroid dienone is 4. The second-order valence-corrected chi connectivity index (χ2v) is 3.91. The maximum atomic E-state index is 2.28. The summed E-state index contributed by atoms with van der Waals surface area (Å²) in [6, 6.07) is 0. The van der Waals surface area contributed by atoms with Crippen molar-refractivity contribution in [3.05, 3.63) is 20.6 Å². The van der Waals surface area contributed by atoms with Crippen LogP contribution >= 0.6 is 0 Å². The fraction of sp³-hybridized carbons (Fsp3) is 0.556. The van der Waals surface area contributed by atoms with E-state index in [4.69, 9.17) is 0 Å². The normalized spacial score (nSPS) is 26.5. The van der Waals surface area contributed by atoms with Gasteiger partial charge in [-0.05, 0) is 0 Å². The Morgan fingerprint density at radius 3 is 1.80 bits per heavy atom. The molecular formula is C9H15Ti-2. The summed E-state index contributed by atoms with van der Waals surface area (Å²) in [5.74, 6) is 0.694. The molecule has 1 rings (SSSR count). The first-order valence-corrected chi connectivity index (χ1v) is 4.44. The molecule has 0 N–H and O–H groups in total. The minimum atomic E-state index is 0. The molecule has 0 aromatic carbocycles. The Bertz CT molecular complexity index is 205. The summed E-state index contributed by atoms with van der Waals surface area (Å²) in [4.78, 5) is 0. The number of rotatable bonds is 0. The van der Waals surface area contributed by atoms with Crippen LogP contribution in [0.4, 0.5) is 0 Å². The topological polar surface area (TPSA) is 0 Å². The predicted molar refractivity (Wildman–Crippen MR) is 42.5 cm³/mol. The van der Waals surface area contributed by atoms with Gasteiger partial charge in [-0.2, -0.15) is 0 Å². The largest absolute Gasteiger partial charge is 1.00 e. The Kier molecular flexibility index (Phi) is 2.22. The van der Waals surface area contributed by atoms with E-state index < -0.39 is 0 Å². The molecule has 10 heavy (non-hydrogen) atoms.